The fourth-order valence-corrected chi connectivity index (χ4v) is 10.7. The van der Waals surface area contributed by atoms with Gasteiger partial charge in [-0.2, -0.15) is 0 Å². The van der Waals surface area contributed by atoms with Crippen molar-refractivity contribution >= 4 is 26.8 Å². The Morgan fingerprint density at radius 3 is 1.67 bits per heavy atom. The highest BCUT2D eigenvalue weighted by molar-refractivity contribution is 7.70. The Hall–Kier alpha value is -0.780. The minimum absolute atomic E-state index is 0.280. The van der Waals surface area contributed by atoms with Gasteiger partial charge in [0.25, 0.3) is 0 Å². The van der Waals surface area contributed by atoms with Gasteiger partial charge in [0.2, 0.25) is 0 Å². The average Bonchev–Trinajstić information content (AvgIpc) is 3.48. The van der Waals surface area contributed by atoms with Crippen LogP contribution in [-0.2, 0) is 4.52 Å². The Labute approximate surface area is 186 Å². The fraction of sp³-hybridized carbons (Fsp3) is 0.538. The maximum absolute atomic E-state index is 6.94. The van der Waals surface area contributed by atoms with Crippen molar-refractivity contribution in [3.05, 3.63) is 60.7 Å². The first-order chi connectivity index (χ1) is 14.7. The molecule has 0 N–H and O–H groups in total. The van der Waals surface area contributed by atoms with Crippen LogP contribution in [0, 0.1) is 0 Å². The SMILES string of the molecule is C[C@H](CN(C)P(c1ccccc1)c1ccccc1)OP(C1CCCC1)C1CCCC1. The maximum Gasteiger partial charge on any atom is 0.0720 e. The van der Waals surface area contributed by atoms with Gasteiger partial charge < -0.3 is 4.52 Å². The lowest BCUT2D eigenvalue weighted by Crippen LogP contribution is -2.32. The van der Waals surface area contributed by atoms with Gasteiger partial charge in [0.1, 0.15) is 0 Å². The molecule has 0 radical (unpaired) electrons. The third-order valence-corrected chi connectivity index (χ3v) is 12.0. The van der Waals surface area contributed by atoms with E-state index < -0.39 is 8.07 Å². The van der Waals surface area contributed by atoms with Crippen LogP contribution in [0.25, 0.3) is 0 Å². The van der Waals surface area contributed by atoms with Crippen molar-refractivity contribution in [3.8, 4) is 0 Å². The molecule has 30 heavy (non-hydrogen) atoms. The topological polar surface area (TPSA) is 12.5 Å². The van der Waals surface area contributed by atoms with Crippen LogP contribution in [-0.4, -0.2) is 35.7 Å². The summed E-state index contributed by atoms with van der Waals surface area (Å²) in [7, 11) is 1.48. The molecule has 162 valence electrons. The van der Waals surface area contributed by atoms with Crippen LogP contribution in [0.3, 0.4) is 0 Å². The summed E-state index contributed by atoms with van der Waals surface area (Å²) in [5.41, 5.74) is 1.72. The van der Waals surface area contributed by atoms with Gasteiger partial charge in [-0.05, 0) is 50.3 Å². The second-order valence-electron chi connectivity index (χ2n) is 8.98. The van der Waals surface area contributed by atoms with Crippen molar-refractivity contribution in [1.82, 2.24) is 4.67 Å². The zero-order valence-corrected chi connectivity index (χ0v) is 20.4. The summed E-state index contributed by atoms with van der Waals surface area (Å²) in [4.78, 5) is 0. The van der Waals surface area contributed by atoms with E-state index in [0.717, 1.165) is 17.9 Å². The molecule has 2 nitrogen and oxygen atoms in total. The van der Waals surface area contributed by atoms with E-state index in [1.54, 1.807) is 0 Å². The van der Waals surface area contributed by atoms with Crippen LogP contribution in [0.1, 0.15) is 58.3 Å². The Balaban J connectivity index is 1.46. The molecular weight excluding hydrogens is 404 g/mol. The van der Waals surface area contributed by atoms with Gasteiger partial charge in [-0.25, -0.2) is 0 Å². The van der Waals surface area contributed by atoms with E-state index in [-0.39, 0.29) is 8.15 Å². The van der Waals surface area contributed by atoms with Crippen LogP contribution >= 0.6 is 16.2 Å². The molecule has 1 atom stereocenters. The lowest BCUT2D eigenvalue weighted by Gasteiger charge is -2.35. The fourth-order valence-electron chi connectivity index (χ4n) is 5.16. The van der Waals surface area contributed by atoms with Crippen molar-refractivity contribution in [2.75, 3.05) is 13.6 Å². The second-order valence-corrected chi connectivity index (χ2v) is 13.7. The minimum atomic E-state index is -0.530. The van der Waals surface area contributed by atoms with Gasteiger partial charge in [-0.3, -0.25) is 4.67 Å². The molecule has 2 saturated carbocycles. The number of nitrogens with zero attached hydrogens (tertiary/aromatic N) is 1. The lowest BCUT2D eigenvalue weighted by atomic mass is 10.4. The van der Waals surface area contributed by atoms with Crippen molar-refractivity contribution in [3.63, 3.8) is 0 Å². The van der Waals surface area contributed by atoms with Gasteiger partial charge in [0, 0.05) is 34.1 Å². The number of likely N-dealkylation sites (N-methyl/N-ethyl adjacent to an activating group) is 1. The molecule has 2 aromatic carbocycles. The maximum atomic E-state index is 6.94. The summed E-state index contributed by atoms with van der Waals surface area (Å²) < 4.78 is 9.50. The quantitative estimate of drug-likeness (QED) is 0.404. The van der Waals surface area contributed by atoms with Crippen LogP contribution in [0.4, 0.5) is 0 Å². The summed E-state index contributed by atoms with van der Waals surface area (Å²) in [6, 6.07) is 22.0. The molecule has 4 heteroatoms. The lowest BCUT2D eigenvalue weighted by molar-refractivity contribution is 0.214. The van der Waals surface area contributed by atoms with E-state index in [2.05, 4.69) is 79.3 Å². The van der Waals surface area contributed by atoms with E-state index in [1.807, 2.05) is 0 Å². The smallest absolute Gasteiger partial charge is 0.0720 e. The summed E-state index contributed by atoms with van der Waals surface area (Å²) in [5, 5.41) is 2.84. The molecule has 2 aromatic rings. The monoisotopic (exact) mass is 441 g/mol. The molecule has 0 aromatic heterocycles. The molecule has 2 aliphatic rings. The summed E-state index contributed by atoms with van der Waals surface area (Å²) in [6.07, 6.45) is 11.6. The zero-order chi connectivity index (χ0) is 20.8. The first-order valence-electron chi connectivity index (χ1n) is 11.8. The Bertz CT molecular complexity index is 689. The highest BCUT2D eigenvalue weighted by atomic mass is 31.1. The van der Waals surface area contributed by atoms with Gasteiger partial charge in [0.05, 0.1) is 6.10 Å². The van der Waals surface area contributed by atoms with E-state index in [1.165, 1.54) is 62.0 Å². The van der Waals surface area contributed by atoms with Crippen molar-refractivity contribution in [2.45, 2.75) is 75.7 Å². The van der Waals surface area contributed by atoms with Gasteiger partial charge >= 0.3 is 0 Å². The van der Waals surface area contributed by atoms with Gasteiger partial charge in [-0.1, -0.05) is 86.3 Å². The van der Waals surface area contributed by atoms with Crippen LogP contribution < -0.4 is 10.6 Å². The van der Waals surface area contributed by atoms with E-state index in [4.69, 9.17) is 4.52 Å². The standard InChI is InChI=1S/C26H37NOP2/c1-22(28-30(25-17-9-10-18-25)26-19-11-12-20-26)21-27(2)29(23-13-5-3-6-14-23)24-15-7-4-8-16-24/h3-8,13-16,22,25-26H,9-12,17-21H2,1-2H3/t22-/m1/s1. The molecule has 2 aliphatic carbocycles. The molecular formula is C26H37NOP2. The third-order valence-electron chi connectivity index (χ3n) is 6.54. The Kier molecular flexibility index (Phi) is 8.36. The van der Waals surface area contributed by atoms with Crippen molar-refractivity contribution in [2.24, 2.45) is 0 Å². The number of benzene rings is 2. The minimum Gasteiger partial charge on any atom is -0.354 e. The van der Waals surface area contributed by atoms with Gasteiger partial charge in [0.15, 0.2) is 0 Å². The molecule has 0 bridgehead atoms. The van der Waals surface area contributed by atoms with E-state index in [9.17, 15) is 0 Å². The molecule has 4 rings (SSSR count). The predicted molar refractivity (Wildman–Crippen MR) is 134 cm³/mol. The molecule has 0 unspecified atom stereocenters. The number of hydrogen-bond acceptors (Lipinski definition) is 2. The average molecular weight is 442 g/mol. The summed E-state index contributed by atoms with van der Waals surface area (Å²) >= 11 is 0. The van der Waals surface area contributed by atoms with E-state index in [0.29, 0.717) is 6.10 Å². The van der Waals surface area contributed by atoms with E-state index >= 15 is 0 Å². The van der Waals surface area contributed by atoms with Crippen molar-refractivity contribution in [1.29, 1.82) is 0 Å². The Morgan fingerprint density at radius 1 is 0.800 bits per heavy atom. The van der Waals surface area contributed by atoms with Crippen LogP contribution in [0.15, 0.2) is 60.7 Å². The summed E-state index contributed by atoms with van der Waals surface area (Å²) in [5.74, 6) is 0. The molecule has 0 spiro atoms. The first-order valence-corrected chi connectivity index (χ1v) is 14.5. The molecule has 2 fully saturated rings. The largest absolute Gasteiger partial charge is 0.354 e. The van der Waals surface area contributed by atoms with Crippen LogP contribution in [0.5, 0.6) is 0 Å². The van der Waals surface area contributed by atoms with Gasteiger partial charge in [-0.15, -0.1) is 0 Å². The second kappa shape index (κ2) is 11.2. The molecule has 0 amide bonds. The number of hydrogen-bond donors (Lipinski definition) is 0. The molecule has 0 aliphatic heterocycles. The first kappa shape index (κ1) is 22.4. The van der Waals surface area contributed by atoms with Crippen molar-refractivity contribution < 1.29 is 4.52 Å². The third kappa shape index (κ3) is 5.72. The summed E-state index contributed by atoms with van der Waals surface area (Å²) in [6.45, 7) is 3.31. The predicted octanol–water partition coefficient (Wildman–Crippen LogP) is 6.65. The highest BCUT2D eigenvalue weighted by Crippen LogP contribution is 2.58. The molecule has 0 heterocycles. The number of rotatable bonds is 9. The van der Waals surface area contributed by atoms with Crippen LogP contribution in [0.2, 0.25) is 0 Å². The normalized spacial score (nSPS) is 19.4. The zero-order valence-electron chi connectivity index (χ0n) is 18.6. The Morgan fingerprint density at radius 2 is 1.23 bits per heavy atom. The molecule has 0 saturated heterocycles. The highest BCUT2D eigenvalue weighted by Gasteiger charge is 2.35.